The molecule has 118 valence electrons. The van der Waals surface area contributed by atoms with Gasteiger partial charge in [-0.2, -0.15) is 5.10 Å². The Hall–Kier alpha value is -2.42. The second kappa shape index (κ2) is 5.76. The third-order valence-corrected chi connectivity index (χ3v) is 4.73. The van der Waals surface area contributed by atoms with Crippen LogP contribution in [0.4, 0.5) is 11.4 Å². The van der Waals surface area contributed by atoms with Crippen molar-refractivity contribution >= 4 is 21.4 Å². The van der Waals surface area contributed by atoms with E-state index in [9.17, 15) is 18.5 Å². The average Bonchev–Trinajstić information content (AvgIpc) is 2.83. The fraction of sp³-hybridized carbons (Fsp3) is 0.308. The Labute approximate surface area is 128 Å². The van der Waals surface area contributed by atoms with E-state index < -0.39 is 14.9 Å². The number of nitro benzene ring substituents is 1. The summed E-state index contributed by atoms with van der Waals surface area (Å²) in [6.45, 7) is 5.49. The third-order valence-electron chi connectivity index (χ3n) is 3.26. The number of hydrogen-bond acceptors (Lipinski definition) is 5. The third kappa shape index (κ3) is 2.93. The van der Waals surface area contributed by atoms with Gasteiger partial charge in [-0.05, 0) is 26.8 Å². The Morgan fingerprint density at radius 1 is 1.36 bits per heavy atom. The fourth-order valence-corrected chi connectivity index (χ4v) is 3.37. The van der Waals surface area contributed by atoms with Crippen LogP contribution in [0.5, 0.6) is 0 Å². The molecule has 0 atom stereocenters. The van der Waals surface area contributed by atoms with Crippen molar-refractivity contribution < 1.29 is 13.3 Å². The van der Waals surface area contributed by atoms with Gasteiger partial charge in [0.15, 0.2) is 0 Å². The number of nitro groups is 1. The van der Waals surface area contributed by atoms with E-state index >= 15 is 0 Å². The molecule has 1 aromatic heterocycles. The number of nitrogens with zero attached hydrogens (tertiary/aromatic N) is 3. The number of sulfonamides is 1. The van der Waals surface area contributed by atoms with Crippen molar-refractivity contribution in [3.8, 4) is 0 Å². The Bertz CT molecular complexity index is 827. The van der Waals surface area contributed by atoms with Crippen molar-refractivity contribution in [2.24, 2.45) is 0 Å². The summed E-state index contributed by atoms with van der Waals surface area (Å²) in [7, 11) is -3.85. The van der Waals surface area contributed by atoms with Gasteiger partial charge in [0.1, 0.15) is 4.90 Å². The van der Waals surface area contributed by atoms with Crippen molar-refractivity contribution in [1.82, 2.24) is 9.78 Å². The van der Waals surface area contributed by atoms with E-state index in [-0.39, 0.29) is 21.8 Å². The van der Waals surface area contributed by atoms with Crippen LogP contribution in [0.3, 0.4) is 0 Å². The molecule has 0 aliphatic carbocycles. The summed E-state index contributed by atoms with van der Waals surface area (Å²) in [5.41, 5.74) is 0.674. The van der Waals surface area contributed by atoms with E-state index in [1.165, 1.54) is 36.0 Å². The van der Waals surface area contributed by atoms with E-state index in [4.69, 9.17) is 0 Å². The van der Waals surface area contributed by atoms with Gasteiger partial charge >= 0.3 is 0 Å². The zero-order chi connectivity index (χ0) is 16.5. The predicted octanol–water partition coefficient (Wildman–Crippen LogP) is 2.23. The molecule has 0 saturated heterocycles. The van der Waals surface area contributed by atoms with Crippen LogP contribution in [0.2, 0.25) is 0 Å². The van der Waals surface area contributed by atoms with Crippen molar-refractivity contribution in [1.29, 1.82) is 0 Å². The SMILES string of the molecule is CCn1cc(S(=O)(=O)Nc2cccc([N+](=O)[O-])c2C)c(C)n1. The van der Waals surface area contributed by atoms with Gasteiger partial charge in [0.2, 0.25) is 0 Å². The van der Waals surface area contributed by atoms with Gasteiger partial charge in [-0.25, -0.2) is 8.42 Å². The average molecular weight is 324 g/mol. The van der Waals surface area contributed by atoms with Gasteiger partial charge in [0.25, 0.3) is 15.7 Å². The Morgan fingerprint density at radius 2 is 2.05 bits per heavy atom. The van der Waals surface area contributed by atoms with Crippen LogP contribution in [-0.4, -0.2) is 23.1 Å². The molecule has 9 heteroatoms. The lowest BCUT2D eigenvalue weighted by Gasteiger charge is -2.09. The number of anilines is 1. The zero-order valence-electron chi connectivity index (χ0n) is 12.4. The van der Waals surface area contributed by atoms with Gasteiger partial charge in [-0.3, -0.25) is 19.5 Å². The molecule has 2 aromatic rings. The molecule has 8 nitrogen and oxygen atoms in total. The van der Waals surface area contributed by atoms with E-state index in [1.807, 2.05) is 6.92 Å². The number of nitrogens with one attached hydrogen (secondary N) is 1. The molecule has 0 bridgehead atoms. The predicted molar refractivity (Wildman–Crippen MR) is 81.3 cm³/mol. The summed E-state index contributed by atoms with van der Waals surface area (Å²) in [6, 6.07) is 4.25. The van der Waals surface area contributed by atoms with Crippen LogP contribution >= 0.6 is 0 Å². The standard InChI is InChI=1S/C13H16N4O4S/c1-4-16-8-13(10(3)14-16)22(20,21)15-11-6-5-7-12(9(11)2)17(18)19/h5-8,15H,4H2,1-3H3. The fourth-order valence-electron chi connectivity index (χ4n) is 2.06. The van der Waals surface area contributed by atoms with E-state index in [0.717, 1.165) is 0 Å². The van der Waals surface area contributed by atoms with Crippen LogP contribution < -0.4 is 4.72 Å². The molecular weight excluding hydrogens is 308 g/mol. The van der Waals surface area contributed by atoms with Gasteiger partial charge < -0.3 is 0 Å². The Balaban J connectivity index is 2.43. The molecular formula is C13H16N4O4S. The Morgan fingerprint density at radius 3 is 2.59 bits per heavy atom. The quantitative estimate of drug-likeness (QED) is 0.670. The van der Waals surface area contributed by atoms with Crippen LogP contribution in [-0.2, 0) is 16.6 Å². The molecule has 0 unspecified atom stereocenters. The van der Waals surface area contributed by atoms with Gasteiger partial charge in [-0.1, -0.05) is 6.07 Å². The van der Waals surface area contributed by atoms with Crippen LogP contribution in [0.1, 0.15) is 18.2 Å². The lowest BCUT2D eigenvalue weighted by Crippen LogP contribution is -2.14. The number of hydrogen-bond donors (Lipinski definition) is 1. The molecule has 0 radical (unpaired) electrons. The molecule has 1 aromatic carbocycles. The first-order chi connectivity index (χ1) is 10.3. The maximum Gasteiger partial charge on any atom is 0.274 e. The summed E-state index contributed by atoms with van der Waals surface area (Å²) in [4.78, 5) is 10.4. The normalized spacial score (nSPS) is 11.4. The van der Waals surface area contributed by atoms with E-state index in [2.05, 4.69) is 9.82 Å². The van der Waals surface area contributed by atoms with Gasteiger partial charge in [0, 0.05) is 18.8 Å². The molecule has 1 heterocycles. The van der Waals surface area contributed by atoms with Crippen LogP contribution in [0.15, 0.2) is 29.3 Å². The minimum atomic E-state index is -3.85. The van der Waals surface area contributed by atoms with E-state index in [0.29, 0.717) is 12.2 Å². The minimum Gasteiger partial charge on any atom is -0.279 e. The molecule has 2 rings (SSSR count). The lowest BCUT2D eigenvalue weighted by molar-refractivity contribution is -0.385. The smallest absolute Gasteiger partial charge is 0.274 e. The first-order valence-electron chi connectivity index (χ1n) is 6.57. The number of aryl methyl sites for hydroxylation is 2. The Kier molecular flexibility index (Phi) is 4.18. The highest BCUT2D eigenvalue weighted by atomic mass is 32.2. The van der Waals surface area contributed by atoms with E-state index in [1.54, 1.807) is 6.92 Å². The molecule has 0 saturated carbocycles. The number of benzene rings is 1. The van der Waals surface area contributed by atoms with Gasteiger partial charge in [-0.15, -0.1) is 0 Å². The zero-order valence-corrected chi connectivity index (χ0v) is 13.2. The second-order valence-corrected chi connectivity index (χ2v) is 6.40. The molecule has 0 fully saturated rings. The monoisotopic (exact) mass is 324 g/mol. The minimum absolute atomic E-state index is 0.0558. The summed E-state index contributed by atoms with van der Waals surface area (Å²) in [6.07, 6.45) is 1.43. The highest BCUT2D eigenvalue weighted by Gasteiger charge is 2.23. The number of aromatic nitrogens is 2. The molecule has 22 heavy (non-hydrogen) atoms. The van der Waals surface area contributed by atoms with Gasteiger partial charge in [0.05, 0.1) is 21.9 Å². The molecule has 0 spiro atoms. The van der Waals surface area contributed by atoms with Crippen molar-refractivity contribution in [2.75, 3.05) is 4.72 Å². The topological polar surface area (TPSA) is 107 Å². The summed E-state index contributed by atoms with van der Waals surface area (Å²) < 4.78 is 28.8. The summed E-state index contributed by atoms with van der Waals surface area (Å²) >= 11 is 0. The maximum atomic E-state index is 12.5. The summed E-state index contributed by atoms with van der Waals surface area (Å²) in [5, 5.41) is 15.0. The first kappa shape index (κ1) is 16.0. The van der Waals surface area contributed by atoms with Crippen LogP contribution in [0.25, 0.3) is 0 Å². The number of rotatable bonds is 5. The van der Waals surface area contributed by atoms with Crippen molar-refractivity contribution in [2.45, 2.75) is 32.2 Å². The van der Waals surface area contributed by atoms with Crippen molar-refractivity contribution in [3.05, 3.63) is 45.8 Å². The largest absolute Gasteiger partial charge is 0.279 e. The molecule has 0 aliphatic heterocycles. The van der Waals surface area contributed by atoms with Crippen molar-refractivity contribution in [3.63, 3.8) is 0 Å². The molecule has 0 amide bonds. The first-order valence-corrected chi connectivity index (χ1v) is 8.05. The highest BCUT2D eigenvalue weighted by molar-refractivity contribution is 7.92. The highest BCUT2D eigenvalue weighted by Crippen LogP contribution is 2.27. The summed E-state index contributed by atoms with van der Waals surface area (Å²) in [5.74, 6) is 0. The maximum absolute atomic E-state index is 12.5. The van der Waals surface area contributed by atoms with Crippen LogP contribution in [0, 0.1) is 24.0 Å². The molecule has 1 N–H and O–H groups in total. The molecule has 0 aliphatic rings. The lowest BCUT2D eigenvalue weighted by atomic mass is 10.2. The second-order valence-electron chi connectivity index (χ2n) is 4.75.